The lowest BCUT2D eigenvalue weighted by atomic mass is 10.2. The summed E-state index contributed by atoms with van der Waals surface area (Å²) in [4.78, 5) is 4.05. The second-order valence-electron chi connectivity index (χ2n) is 3.76. The van der Waals surface area contributed by atoms with Crippen LogP contribution in [0.3, 0.4) is 0 Å². The first-order chi connectivity index (χ1) is 8.56. The number of benzene rings is 1. The summed E-state index contributed by atoms with van der Waals surface area (Å²) in [6, 6.07) is 8.12. The van der Waals surface area contributed by atoms with Gasteiger partial charge >= 0.3 is 0 Å². The Morgan fingerprint density at radius 3 is 2.72 bits per heavy atom. The maximum absolute atomic E-state index is 13.5. The van der Waals surface area contributed by atoms with Crippen molar-refractivity contribution in [1.29, 1.82) is 0 Å². The first-order valence-electron chi connectivity index (χ1n) is 5.26. The number of nitrogens with zero attached hydrogens (tertiary/aromatic N) is 1. The molecule has 0 fully saturated rings. The number of hydrogen-bond donors (Lipinski definition) is 3. The molecular formula is C12H12BrFN4. The lowest BCUT2D eigenvalue weighted by Crippen LogP contribution is -2.06. The van der Waals surface area contributed by atoms with Crippen LogP contribution in [0, 0.1) is 5.82 Å². The maximum Gasteiger partial charge on any atom is 0.149 e. The number of nitrogen functional groups attached to an aromatic ring is 2. The highest BCUT2D eigenvalue weighted by Crippen LogP contribution is 2.18. The number of hydrogen-bond acceptors (Lipinski definition) is 4. The second kappa shape index (κ2) is 5.22. The van der Waals surface area contributed by atoms with Gasteiger partial charge in [0.1, 0.15) is 17.5 Å². The van der Waals surface area contributed by atoms with Crippen LogP contribution in [0.1, 0.15) is 5.56 Å². The van der Waals surface area contributed by atoms with Crippen LogP contribution in [0.5, 0.6) is 0 Å². The molecule has 1 aromatic carbocycles. The van der Waals surface area contributed by atoms with E-state index in [4.69, 9.17) is 11.5 Å². The Balaban J connectivity index is 2.11. The van der Waals surface area contributed by atoms with Crippen LogP contribution >= 0.6 is 15.9 Å². The molecule has 1 heterocycles. The summed E-state index contributed by atoms with van der Waals surface area (Å²) in [5.41, 5.74) is 12.1. The van der Waals surface area contributed by atoms with E-state index >= 15 is 0 Å². The number of rotatable bonds is 3. The summed E-state index contributed by atoms with van der Waals surface area (Å²) in [5, 5.41) is 2.99. The maximum atomic E-state index is 13.5. The van der Waals surface area contributed by atoms with E-state index in [-0.39, 0.29) is 11.6 Å². The Bertz CT molecular complexity index is 574. The van der Waals surface area contributed by atoms with Crippen molar-refractivity contribution < 1.29 is 4.39 Å². The normalized spacial score (nSPS) is 10.3. The monoisotopic (exact) mass is 310 g/mol. The van der Waals surface area contributed by atoms with Gasteiger partial charge in [-0.25, -0.2) is 9.37 Å². The van der Waals surface area contributed by atoms with Crippen molar-refractivity contribution in [3.05, 3.63) is 46.2 Å². The SMILES string of the molecule is Nc1ccc(NCc2cc(Br)ccc2F)nc1N. The van der Waals surface area contributed by atoms with Gasteiger partial charge in [0.25, 0.3) is 0 Å². The molecular weight excluding hydrogens is 299 g/mol. The Hall–Kier alpha value is -1.82. The quantitative estimate of drug-likeness (QED) is 0.814. The van der Waals surface area contributed by atoms with Crippen LogP contribution in [0.15, 0.2) is 34.8 Å². The standard InChI is InChI=1S/C12H12BrFN4/c13-8-1-2-9(14)7(5-8)6-17-11-4-3-10(15)12(16)18-11/h1-5H,6,15H2,(H3,16,17,18). The molecule has 0 aliphatic heterocycles. The van der Waals surface area contributed by atoms with Crippen LogP contribution in [-0.4, -0.2) is 4.98 Å². The van der Waals surface area contributed by atoms with Gasteiger partial charge in [-0.2, -0.15) is 0 Å². The topological polar surface area (TPSA) is 77.0 Å². The molecule has 1 aromatic heterocycles. The van der Waals surface area contributed by atoms with Crippen LogP contribution in [0.25, 0.3) is 0 Å². The van der Waals surface area contributed by atoms with E-state index in [1.165, 1.54) is 6.07 Å². The molecule has 18 heavy (non-hydrogen) atoms. The molecule has 0 bridgehead atoms. The zero-order valence-electron chi connectivity index (χ0n) is 9.45. The Morgan fingerprint density at radius 1 is 1.22 bits per heavy atom. The zero-order valence-corrected chi connectivity index (χ0v) is 11.0. The van der Waals surface area contributed by atoms with Crippen molar-refractivity contribution in [3.8, 4) is 0 Å². The zero-order chi connectivity index (χ0) is 13.1. The van der Waals surface area contributed by atoms with Crippen molar-refractivity contribution in [1.82, 2.24) is 4.98 Å². The summed E-state index contributed by atoms with van der Waals surface area (Å²) in [5.74, 6) is 0.546. The Morgan fingerprint density at radius 2 is 2.00 bits per heavy atom. The van der Waals surface area contributed by atoms with Gasteiger partial charge in [-0.15, -0.1) is 0 Å². The van der Waals surface area contributed by atoms with E-state index in [2.05, 4.69) is 26.2 Å². The predicted molar refractivity (Wildman–Crippen MR) is 74.5 cm³/mol. The third-order valence-corrected chi connectivity index (χ3v) is 2.92. The van der Waals surface area contributed by atoms with Gasteiger partial charge in [0.2, 0.25) is 0 Å². The molecule has 94 valence electrons. The molecule has 0 radical (unpaired) electrons. The van der Waals surface area contributed by atoms with Crippen molar-refractivity contribution in [2.75, 3.05) is 16.8 Å². The summed E-state index contributed by atoms with van der Waals surface area (Å²) in [7, 11) is 0. The van der Waals surface area contributed by atoms with E-state index in [0.29, 0.717) is 23.6 Å². The number of nitrogens with one attached hydrogen (secondary N) is 1. The van der Waals surface area contributed by atoms with Crippen LogP contribution in [0.2, 0.25) is 0 Å². The first kappa shape index (κ1) is 12.6. The molecule has 0 saturated carbocycles. The fraction of sp³-hybridized carbons (Fsp3) is 0.0833. The highest BCUT2D eigenvalue weighted by Gasteiger charge is 2.04. The fourth-order valence-electron chi connectivity index (χ4n) is 1.45. The summed E-state index contributed by atoms with van der Waals surface area (Å²) < 4.78 is 14.3. The van der Waals surface area contributed by atoms with Crippen molar-refractivity contribution in [3.63, 3.8) is 0 Å². The van der Waals surface area contributed by atoms with Crippen LogP contribution < -0.4 is 16.8 Å². The number of pyridine rings is 1. The lowest BCUT2D eigenvalue weighted by Gasteiger charge is -2.08. The Kier molecular flexibility index (Phi) is 3.66. The van der Waals surface area contributed by atoms with Gasteiger partial charge in [0.15, 0.2) is 0 Å². The molecule has 5 N–H and O–H groups in total. The van der Waals surface area contributed by atoms with Crippen molar-refractivity contribution in [2.24, 2.45) is 0 Å². The molecule has 0 spiro atoms. The summed E-state index contributed by atoms with van der Waals surface area (Å²) in [6.45, 7) is 0.321. The average Bonchev–Trinajstić information content (AvgIpc) is 2.34. The van der Waals surface area contributed by atoms with E-state index in [1.807, 2.05) is 0 Å². The summed E-state index contributed by atoms with van der Waals surface area (Å²) in [6.07, 6.45) is 0. The minimum Gasteiger partial charge on any atom is -0.396 e. The molecule has 0 aliphatic carbocycles. The van der Waals surface area contributed by atoms with Crippen LogP contribution in [0.4, 0.5) is 21.7 Å². The minimum atomic E-state index is -0.269. The molecule has 2 rings (SSSR count). The third-order valence-electron chi connectivity index (χ3n) is 2.43. The molecule has 0 aliphatic rings. The minimum absolute atomic E-state index is 0.259. The van der Waals surface area contributed by atoms with Gasteiger partial charge < -0.3 is 16.8 Å². The van der Waals surface area contributed by atoms with Crippen molar-refractivity contribution >= 4 is 33.3 Å². The number of anilines is 3. The summed E-state index contributed by atoms with van der Waals surface area (Å²) >= 11 is 3.30. The van der Waals surface area contributed by atoms with Gasteiger partial charge in [-0.3, -0.25) is 0 Å². The number of halogens is 2. The molecule has 2 aromatic rings. The van der Waals surface area contributed by atoms with E-state index in [0.717, 1.165) is 4.47 Å². The average molecular weight is 311 g/mol. The van der Waals surface area contributed by atoms with Gasteiger partial charge in [-0.1, -0.05) is 15.9 Å². The largest absolute Gasteiger partial charge is 0.396 e. The lowest BCUT2D eigenvalue weighted by molar-refractivity contribution is 0.612. The molecule has 6 heteroatoms. The van der Waals surface area contributed by atoms with Crippen molar-refractivity contribution in [2.45, 2.75) is 6.54 Å². The van der Waals surface area contributed by atoms with E-state index < -0.39 is 0 Å². The van der Waals surface area contributed by atoms with Crippen LogP contribution in [-0.2, 0) is 6.54 Å². The molecule has 0 atom stereocenters. The Labute approximate surface area is 112 Å². The number of nitrogens with two attached hydrogens (primary N) is 2. The molecule has 0 amide bonds. The highest BCUT2D eigenvalue weighted by atomic mass is 79.9. The first-order valence-corrected chi connectivity index (χ1v) is 6.05. The smallest absolute Gasteiger partial charge is 0.149 e. The second-order valence-corrected chi connectivity index (χ2v) is 4.68. The predicted octanol–water partition coefficient (Wildman–Crippen LogP) is 2.76. The van der Waals surface area contributed by atoms with E-state index in [9.17, 15) is 4.39 Å². The van der Waals surface area contributed by atoms with Gasteiger partial charge in [0.05, 0.1) is 5.69 Å². The molecule has 0 saturated heterocycles. The number of aromatic nitrogens is 1. The molecule has 0 unspecified atom stereocenters. The van der Waals surface area contributed by atoms with E-state index in [1.54, 1.807) is 24.3 Å². The fourth-order valence-corrected chi connectivity index (χ4v) is 1.86. The van der Waals surface area contributed by atoms with Gasteiger partial charge in [0, 0.05) is 16.6 Å². The highest BCUT2D eigenvalue weighted by molar-refractivity contribution is 9.10. The van der Waals surface area contributed by atoms with Gasteiger partial charge in [-0.05, 0) is 30.3 Å². The molecule has 4 nitrogen and oxygen atoms in total. The third kappa shape index (κ3) is 2.89.